The highest BCUT2D eigenvalue weighted by atomic mass is 79.9. The standard InChI is InChI=1S/C9H14BrN3S2/c1-14-7-3-2-5-13(6-4-7)9-12-11-8(10)15-9/h7H,2-6H2,1H3. The quantitative estimate of drug-likeness (QED) is 0.840. The van der Waals surface area contributed by atoms with Gasteiger partial charge in [-0.3, -0.25) is 0 Å². The van der Waals surface area contributed by atoms with Crippen molar-refractivity contribution >= 4 is 44.2 Å². The van der Waals surface area contributed by atoms with E-state index in [1.165, 1.54) is 19.3 Å². The van der Waals surface area contributed by atoms with Gasteiger partial charge in [0.05, 0.1) is 0 Å². The van der Waals surface area contributed by atoms with E-state index in [0.29, 0.717) is 0 Å². The van der Waals surface area contributed by atoms with Crippen molar-refractivity contribution in [2.24, 2.45) is 0 Å². The molecule has 1 aromatic rings. The van der Waals surface area contributed by atoms with Crippen molar-refractivity contribution in [3.05, 3.63) is 3.92 Å². The summed E-state index contributed by atoms with van der Waals surface area (Å²) in [6, 6.07) is 0. The SMILES string of the molecule is CSC1CCCN(c2nnc(Br)s2)CC1. The Kier molecular flexibility index (Phi) is 4.28. The fraction of sp³-hybridized carbons (Fsp3) is 0.778. The summed E-state index contributed by atoms with van der Waals surface area (Å²) < 4.78 is 0.878. The molecule has 2 rings (SSSR count). The van der Waals surface area contributed by atoms with Crippen LogP contribution in [0.1, 0.15) is 19.3 Å². The third kappa shape index (κ3) is 3.07. The Morgan fingerprint density at radius 2 is 2.27 bits per heavy atom. The summed E-state index contributed by atoms with van der Waals surface area (Å²) in [6.45, 7) is 2.24. The summed E-state index contributed by atoms with van der Waals surface area (Å²) in [5.41, 5.74) is 0. The lowest BCUT2D eigenvalue weighted by Crippen LogP contribution is -2.24. The second kappa shape index (κ2) is 5.50. The van der Waals surface area contributed by atoms with Gasteiger partial charge in [-0.1, -0.05) is 11.3 Å². The van der Waals surface area contributed by atoms with Crippen LogP contribution in [0.2, 0.25) is 0 Å². The molecule has 0 radical (unpaired) electrons. The van der Waals surface area contributed by atoms with Crippen LogP contribution >= 0.6 is 39.0 Å². The van der Waals surface area contributed by atoms with Crippen LogP contribution in [0.15, 0.2) is 3.92 Å². The summed E-state index contributed by atoms with van der Waals surface area (Å²) in [6.07, 6.45) is 6.07. The molecule has 1 atom stereocenters. The molecule has 0 saturated carbocycles. The molecule has 0 N–H and O–H groups in total. The first-order valence-corrected chi connectivity index (χ1v) is 7.96. The number of anilines is 1. The molecular weight excluding hydrogens is 294 g/mol. The van der Waals surface area contributed by atoms with E-state index in [1.807, 2.05) is 11.8 Å². The zero-order valence-corrected chi connectivity index (χ0v) is 11.9. The molecule has 84 valence electrons. The van der Waals surface area contributed by atoms with E-state index in [1.54, 1.807) is 11.3 Å². The van der Waals surface area contributed by atoms with Crippen molar-refractivity contribution in [3.63, 3.8) is 0 Å². The van der Waals surface area contributed by atoms with Crippen molar-refractivity contribution in [3.8, 4) is 0 Å². The normalized spacial score (nSPS) is 22.8. The second-order valence-electron chi connectivity index (χ2n) is 3.61. The van der Waals surface area contributed by atoms with E-state index in [4.69, 9.17) is 0 Å². The smallest absolute Gasteiger partial charge is 0.209 e. The van der Waals surface area contributed by atoms with E-state index in [2.05, 4.69) is 37.3 Å². The molecule has 1 aliphatic rings. The monoisotopic (exact) mass is 307 g/mol. The summed E-state index contributed by atoms with van der Waals surface area (Å²) >= 11 is 6.98. The van der Waals surface area contributed by atoms with Gasteiger partial charge in [0.1, 0.15) is 0 Å². The lowest BCUT2D eigenvalue weighted by molar-refractivity contribution is 0.745. The Labute approximate surface area is 107 Å². The van der Waals surface area contributed by atoms with Crippen LogP contribution in [0.3, 0.4) is 0 Å². The van der Waals surface area contributed by atoms with Gasteiger partial charge in [0, 0.05) is 18.3 Å². The average molecular weight is 308 g/mol. The van der Waals surface area contributed by atoms with Crippen LogP contribution in [-0.4, -0.2) is 34.8 Å². The predicted octanol–water partition coefficient (Wildman–Crippen LogP) is 3.02. The van der Waals surface area contributed by atoms with Gasteiger partial charge in [0.15, 0.2) is 3.92 Å². The van der Waals surface area contributed by atoms with E-state index in [9.17, 15) is 0 Å². The number of halogens is 1. The van der Waals surface area contributed by atoms with Gasteiger partial charge in [-0.25, -0.2) is 0 Å². The lowest BCUT2D eigenvalue weighted by Gasteiger charge is -2.18. The molecule has 1 fully saturated rings. The largest absolute Gasteiger partial charge is 0.347 e. The van der Waals surface area contributed by atoms with E-state index in [-0.39, 0.29) is 0 Å². The molecule has 0 aromatic carbocycles. The highest BCUT2D eigenvalue weighted by Gasteiger charge is 2.18. The van der Waals surface area contributed by atoms with Crippen LogP contribution in [0.5, 0.6) is 0 Å². The first-order chi connectivity index (χ1) is 7.29. The highest BCUT2D eigenvalue weighted by Crippen LogP contribution is 2.28. The van der Waals surface area contributed by atoms with Gasteiger partial charge >= 0.3 is 0 Å². The number of nitrogens with zero attached hydrogens (tertiary/aromatic N) is 3. The van der Waals surface area contributed by atoms with Crippen LogP contribution in [0, 0.1) is 0 Å². The summed E-state index contributed by atoms with van der Waals surface area (Å²) in [5.74, 6) is 0. The van der Waals surface area contributed by atoms with Gasteiger partial charge in [-0.05, 0) is 41.4 Å². The zero-order chi connectivity index (χ0) is 10.7. The Balaban J connectivity index is 1.99. The van der Waals surface area contributed by atoms with Crippen LogP contribution in [-0.2, 0) is 0 Å². The predicted molar refractivity (Wildman–Crippen MR) is 71.0 cm³/mol. The Morgan fingerprint density at radius 3 is 2.93 bits per heavy atom. The Morgan fingerprint density at radius 1 is 1.40 bits per heavy atom. The number of rotatable bonds is 2. The van der Waals surface area contributed by atoms with Gasteiger partial charge in [-0.2, -0.15) is 11.8 Å². The fourth-order valence-electron chi connectivity index (χ4n) is 1.82. The molecule has 1 aliphatic heterocycles. The van der Waals surface area contributed by atoms with E-state index in [0.717, 1.165) is 27.4 Å². The van der Waals surface area contributed by atoms with Gasteiger partial charge in [0.25, 0.3) is 0 Å². The lowest BCUT2D eigenvalue weighted by atomic mass is 10.2. The van der Waals surface area contributed by atoms with E-state index < -0.39 is 0 Å². The molecule has 0 amide bonds. The van der Waals surface area contributed by atoms with Crippen molar-refractivity contribution in [2.75, 3.05) is 24.2 Å². The summed E-state index contributed by atoms with van der Waals surface area (Å²) in [5, 5.41) is 10.1. The fourth-order valence-corrected chi connectivity index (χ4v) is 3.70. The van der Waals surface area contributed by atoms with Crippen LogP contribution in [0.25, 0.3) is 0 Å². The Hall–Kier alpha value is 0.190. The molecule has 1 unspecified atom stereocenters. The van der Waals surface area contributed by atoms with Crippen molar-refractivity contribution in [2.45, 2.75) is 24.5 Å². The van der Waals surface area contributed by atoms with Crippen LogP contribution < -0.4 is 4.90 Å². The highest BCUT2D eigenvalue weighted by molar-refractivity contribution is 9.11. The van der Waals surface area contributed by atoms with Gasteiger partial charge in [0.2, 0.25) is 5.13 Å². The maximum atomic E-state index is 4.17. The molecule has 3 nitrogen and oxygen atoms in total. The number of thioether (sulfide) groups is 1. The topological polar surface area (TPSA) is 29.0 Å². The first-order valence-electron chi connectivity index (χ1n) is 5.06. The zero-order valence-electron chi connectivity index (χ0n) is 8.65. The molecule has 2 heterocycles. The molecule has 1 saturated heterocycles. The third-order valence-corrected chi connectivity index (χ3v) is 5.22. The minimum absolute atomic E-state index is 0.825. The summed E-state index contributed by atoms with van der Waals surface area (Å²) in [4.78, 5) is 2.36. The molecular formula is C9H14BrN3S2. The third-order valence-electron chi connectivity index (χ3n) is 2.67. The maximum Gasteiger partial charge on any atom is 0.209 e. The molecule has 0 aliphatic carbocycles. The van der Waals surface area contributed by atoms with Gasteiger partial charge < -0.3 is 4.90 Å². The van der Waals surface area contributed by atoms with Crippen molar-refractivity contribution in [1.82, 2.24) is 10.2 Å². The molecule has 6 heteroatoms. The Bertz CT molecular complexity index is 318. The minimum atomic E-state index is 0.825. The number of aromatic nitrogens is 2. The first kappa shape index (κ1) is 11.7. The average Bonchev–Trinajstić information content (AvgIpc) is 2.54. The molecule has 0 spiro atoms. The summed E-state index contributed by atoms with van der Waals surface area (Å²) in [7, 11) is 0. The molecule has 1 aromatic heterocycles. The van der Waals surface area contributed by atoms with Gasteiger partial charge in [-0.15, -0.1) is 10.2 Å². The number of hydrogen-bond acceptors (Lipinski definition) is 5. The minimum Gasteiger partial charge on any atom is -0.347 e. The van der Waals surface area contributed by atoms with Crippen molar-refractivity contribution in [1.29, 1.82) is 0 Å². The second-order valence-corrected chi connectivity index (χ2v) is 6.98. The van der Waals surface area contributed by atoms with Crippen LogP contribution in [0.4, 0.5) is 5.13 Å². The maximum absolute atomic E-state index is 4.17. The molecule has 15 heavy (non-hydrogen) atoms. The van der Waals surface area contributed by atoms with E-state index >= 15 is 0 Å². The van der Waals surface area contributed by atoms with Crippen molar-refractivity contribution < 1.29 is 0 Å². The number of hydrogen-bond donors (Lipinski definition) is 0. The molecule has 0 bridgehead atoms.